The van der Waals surface area contributed by atoms with Crippen LogP contribution in [0.4, 0.5) is 4.79 Å². The van der Waals surface area contributed by atoms with E-state index in [0.717, 1.165) is 19.3 Å². The van der Waals surface area contributed by atoms with Crippen molar-refractivity contribution in [2.75, 3.05) is 0 Å². The number of imide groups is 2. The van der Waals surface area contributed by atoms with E-state index in [2.05, 4.69) is 10.6 Å². The Morgan fingerprint density at radius 1 is 1.22 bits per heavy atom. The summed E-state index contributed by atoms with van der Waals surface area (Å²) in [6.45, 7) is 5.76. The van der Waals surface area contributed by atoms with Gasteiger partial charge in [-0.1, -0.05) is 33.6 Å². The van der Waals surface area contributed by atoms with Crippen molar-refractivity contribution in [2.45, 2.75) is 46.5 Å². The summed E-state index contributed by atoms with van der Waals surface area (Å²) >= 11 is 0. The standard InChI is InChI=1S/C12H20N2O3.Na/c1-4-7-8(5-2)12(6-3)9(15)13-11(17)14-10(12)16;/h8H,4-7H2,1-3H3,(H2,13,14,15,16,17);/q;+1/p-1. The molecule has 1 fully saturated rings. The van der Waals surface area contributed by atoms with Crippen LogP contribution in [0.5, 0.6) is 0 Å². The molecule has 1 saturated heterocycles. The van der Waals surface area contributed by atoms with Crippen molar-refractivity contribution in [3.63, 3.8) is 0 Å². The summed E-state index contributed by atoms with van der Waals surface area (Å²) in [5.74, 6) is -1.11. The van der Waals surface area contributed by atoms with Gasteiger partial charge >= 0.3 is 29.6 Å². The van der Waals surface area contributed by atoms with E-state index < -0.39 is 23.3 Å². The van der Waals surface area contributed by atoms with E-state index in [9.17, 15) is 14.4 Å². The van der Waals surface area contributed by atoms with E-state index in [1.807, 2.05) is 13.8 Å². The van der Waals surface area contributed by atoms with Gasteiger partial charge in [0.2, 0.25) is 0 Å². The second-order valence-electron chi connectivity index (χ2n) is 4.39. The number of urea groups is 1. The van der Waals surface area contributed by atoms with E-state index in [-0.39, 0.29) is 35.5 Å². The molecule has 96 valence electrons. The van der Waals surface area contributed by atoms with Gasteiger partial charge in [-0.05, 0) is 18.8 Å². The quantitative estimate of drug-likeness (QED) is 0.529. The summed E-state index contributed by atoms with van der Waals surface area (Å²) in [6, 6.07) is -0.838. The van der Waals surface area contributed by atoms with Gasteiger partial charge in [0, 0.05) is 0 Å². The predicted molar refractivity (Wildman–Crippen MR) is 63.3 cm³/mol. The molecule has 0 aromatic heterocycles. The first-order valence-corrected chi connectivity index (χ1v) is 6.14. The van der Waals surface area contributed by atoms with Gasteiger partial charge < -0.3 is 10.6 Å². The fraction of sp³-hybridized carbons (Fsp3) is 0.750. The largest absolute Gasteiger partial charge is 1.00 e. The number of barbiturate groups is 1. The van der Waals surface area contributed by atoms with Crippen molar-refractivity contribution < 1.29 is 43.9 Å². The minimum atomic E-state index is -1.14. The van der Waals surface area contributed by atoms with Crippen LogP contribution >= 0.6 is 0 Å². The van der Waals surface area contributed by atoms with Crippen molar-refractivity contribution >= 4 is 17.8 Å². The van der Waals surface area contributed by atoms with Crippen LogP contribution in [0, 0.1) is 11.3 Å². The fourth-order valence-corrected chi connectivity index (χ4v) is 2.63. The minimum Gasteiger partial charge on any atom is -0.394 e. The van der Waals surface area contributed by atoms with Crippen molar-refractivity contribution in [1.29, 1.82) is 0 Å². The van der Waals surface area contributed by atoms with Crippen molar-refractivity contribution in [2.24, 2.45) is 11.3 Å². The molecule has 0 aliphatic carbocycles. The molecule has 0 saturated carbocycles. The molecule has 5 nitrogen and oxygen atoms in total. The average Bonchev–Trinajstić information content (AvgIpc) is 2.27. The normalized spacial score (nSPS) is 24.9. The number of hydrogen-bond acceptors (Lipinski definition) is 3. The molecule has 2 atom stereocenters. The topological polar surface area (TPSA) is 77.3 Å². The summed E-state index contributed by atoms with van der Waals surface area (Å²) < 4.78 is 0. The van der Waals surface area contributed by atoms with Crippen LogP contribution in [0.3, 0.4) is 0 Å². The zero-order valence-electron chi connectivity index (χ0n) is 11.6. The van der Waals surface area contributed by atoms with E-state index in [1.54, 1.807) is 6.92 Å². The summed E-state index contributed by atoms with van der Waals surface area (Å²) in [4.78, 5) is 35.1. The van der Waals surface area contributed by atoms with E-state index in [0.29, 0.717) is 6.42 Å². The molecule has 0 radical (unpaired) electrons. The molecule has 18 heavy (non-hydrogen) atoms. The number of hydrogen-bond donors (Lipinski definition) is 1. The SMILES string of the molecule is CCCC(CC)C1(CC)C(=O)[N-]C(=O)NC1=O.[Na+]. The van der Waals surface area contributed by atoms with Gasteiger partial charge in [-0.15, -0.1) is 0 Å². The first-order valence-electron chi connectivity index (χ1n) is 6.14. The minimum absolute atomic E-state index is 0. The smallest absolute Gasteiger partial charge is 0.394 e. The van der Waals surface area contributed by atoms with E-state index in [1.165, 1.54) is 0 Å². The fourth-order valence-electron chi connectivity index (χ4n) is 2.63. The van der Waals surface area contributed by atoms with Gasteiger partial charge in [-0.25, -0.2) is 0 Å². The van der Waals surface area contributed by atoms with Crippen LogP contribution in [0.2, 0.25) is 0 Å². The Kier molecular flexibility index (Phi) is 7.10. The maximum Gasteiger partial charge on any atom is 1.00 e. The Balaban J connectivity index is 0.00000289. The maximum absolute atomic E-state index is 12.0. The van der Waals surface area contributed by atoms with Crippen molar-refractivity contribution in [3.8, 4) is 0 Å². The molecule has 0 aromatic rings. The zero-order chi connectivity index (χ0) is 13.1. The van der Waals surface area contributed by atoms with Gasteiger partial charge in [0.25, 0.3) is 0 Å². The van der Waals surface area contributed by atoms with Crippen LogP contribution in [0.15, 0.2) is 0 Å². The number of carbonyl (C=O) groups is 3. The third-order valence-corrected chi connectivity index (χ3v) is 3.59. The van der Waals surface area contributed by atoms with Gasteiger partial charge in [-0.3, -0.25) is 14.4 Å². The monoisotopic (exact) mass is 262 g/mol. The Hall–Kier alpha value is -0.390. The molecule has 1 aliphatic heterocycles. The van der Waals surface area contributed by atoms with Gasteiger partial charge in [0.1, 0.15) is 0 Å². The zero-order valence-corrected chi connectivity index (χ0v) is 13.6. The second-order valence-corrected chi connectivity index (χ2v) is 4.39. The Morgan fingerprint density at radius 2 is 1.83 bits per heavy atom. The molecule has 1 aliphatic rings. The summed E-state index contributed by atoms with van der Waals surface area (Å²) in [7, 11) is 0. The Morgan fingerprint density at radius 3 is 2.22 bits per heavy atom. The van der Waals surface area contributed by atoms with Crippen molar-refractivity contribution in [1.82, 2.24) is 5.32 Å². The molecule has 2 unspecified atom stereocenters. The third-order valence-electron chi connectivity index (χ3n) is 3.59. The summed E-state index contributed by atoms with van der Waals surface area (Å²) in [5, 5.41) is 5.56. The number of nitrogens with one attached hydrogen (secondary N) is 1. The summed E-state index contributed by atoms with van der Waals surface area (Å²) in [6.07, 6.45) is 2.79. The summed E-state index contributed by atoms with van der Waals surface area (Å²) in [5.41, 5.74) is -1.14. The predicted octanol–water partition coefficient (Wildman–Crippen LogP) is -0.637. The van der Waals surface area contributed by atoms with Crippen LogP contribution < -0.4 is 34.9 Å². The molecular formula is C12H19N2NaO3. The van der Waals surface area contributed by atoms with Crippen molar-refractivity contribution in [3.05, 3.63) is 5.32 Å². The van der Waals surface area contributed by atoms with Crippen LogP contribution in [0.1, 0.15) is 46.5 Å². The van der Waals surface area contributed by atoms with Crippen LogP contribution in [-0.4, -0.2) is 17.8 Å². The first kappa shape index (κ1) is 17.6. The van der Waals surface area contributed by atoms with E-state index >= 15 is 0 Å². The molecule has 1 heterocycles. The number of nitrogens with zero attached hydrogens (tertiary/aromatic N) is 1. The third kappa shape index (κ3) is 2.95. The second kappa shape index (κ2) is 7.26. The number of amides is 4. The molecule has 4 amide bonds. The number of rotatable bonds is 5. The molecule has 0 spiro atoms. The van der Waals surface area contributed by atoms with Crippen LogP contribution in [-0.2, 0) is 9.59 Å². The molecule has 0 aromatic carbocycles. The molecular weight excluding hydrogens is 243 g/mol. The molecule has 0 bridgehead atoms. The molecule has 1 N–H and O–H groups in total. The average molecular weight is 262 g/mol. The maximum atomic E-state index is 12.0. The first-order chi connectivity index (χ1) is 8.02. The Labute approximate surface area is 130 Å². The van der Waals surface area contributed by atoms with Gasteiger partial charge in [0.15, 0.2) is 17.8 Å². The van der Waals surface area contributed by atoms with Crippen LogP contribution in [0.25, 0.3) is 5.32 Å². The van der Waals surface area contributed by atoms with Gasteiger partial charge in [-0.2, -0.15) is 0 Å². The molecule has 6 heteroatoms. The Bertz CT molecular complexity index is 324. The van der Waals surface area contributed by atoms with E-state index in [4.69, 9.17) is 0 Å². The van der Waals surface area contributed by atoms with Gasteiger partial charge in [0.05, 0.1) is 5.41 Å². The number of carbonyl (C=O) groups excluding carboxylic acids is 3. The molecule has 1 rings (SSSR count).